The number of carbonyl (C=O) groups is 1. The maximum absolute atomic E-state index is 12.3. The van der Waals surface area contributed by atoms with E-state index in [9.17, 15) is 4.79 Å². The summed E-state index contributed by atoms with van der Waals surface area (Å²) in [5.74, 6) is 0.407. The molecule has 5 nitrogen and oxygen atoms in total. The minimum atomic E-state index is -0.0860. The topological polar surface area (TPSA) is 70.7 Å². The van der Waals surface area contributed by atoms with Crippen molar-refractivity contribution in [2.24, 2.45) is 0 Å². The highest BCUT2D eigenvalue weighted by Gasteiger charge is 2.15. The molecule has 2 N–H and O–H groups in total. The van der Waals surface area contributed by atoms with Gasteiger partial charge >= 0.3 is 0 Å². The van der Waals surface area contributed by atoms with E-state index in [4.69, 9.17) is 23.2 Å². The summed E-state index contributed by atoms with van der Waals surface area (Å²) in [6, 6.07) is 15.0. The summed E-state index contributed by atoms with van der Waals surface area (Å²) in [5.41, 5.74) is 3.94. The van der Waals surface area contributed by atoms with Crippen molar-refractivity contribution in [3.8, 4) is 11.4 Å². The average Bonchev–Trinajstić information content (AvgIpc) is 3.08. The van der Waals surface area contributed by atoms with E-state index in [2.05, 4.69) is 20.3 Å². The van der Waals surface area contributed by atoms with Gasteiger partial charge in [0.25, 0.3) is 0 Å². The Bertz CT molecular complexity index is 1140. The number of amides is 1. The highest BCUT2D eigenvalue weighted by Crippen LogP contribution is 2.32. The van der Waals surface area contributed by atoms with Gasteiger partial charge in [0.15, 0.2) is 0 Å². The van der Waals surface area contributed by atoms with E-state index in [0.717, 1.165) is 27.9 Å². The Kier molecular flexibility index (Phi) is 5.79. The number of nitrogens with one attached hydrogen (secondary N) is 2. The van der Waals surface area contributed by atoms with Crippen molar-refractivity contribution >= 4 is 45.8 Å². The second-order valence-electron chi connectivity index (χ2n) is 6.65. The molecule has 0 fully saturated rings. The number of nitrogens with zero attached hydrogens (tertiary/aromatic N) is 2. The van der Waals surface area contributed by atoms with Crippen LogP contribution < -0.4 is 5.32 Å². The molecule has 1 aromatic carbocycles. The molecule has 0 bridgehead atoms. The highest BCUT2D eigenvalue weighted by molar-refractivity contribution is 6.31. The Morgan fingerprint density at radius 2 is 1.90 bits per heavy atom. The molecule has 0 saturated carbocycles. The lowest BCUT2D eigenvalue weighted by Crippen LogP contribution is -2.12. The van der Waals surface area contributed by atoms with Crippen LogP contribution in [0, 0.1) is 0 Å². The van der Waals surface area contributed by atoms with Gasteiger partial charge in [-0.1, -0.05) is 29.3 Å². The zero-order valence-corrected chi connectivity index (χ0v) is 17.0. The number of aromatic amines is 1. The second-order valence-corrected chi connectivity index (χ2v) is 7.52. The van der Waals surface area contributed by atoms with Crippen molar-refractivity contribution in [3.63, 3.8) is 0 Å². The van der Waals surface area contributed by atoms with Gasteiger partial charge in [-0.2, -0.15) is 0 Å². The molecule has 29 heavy (non-hydrogen) atoms. The van der Waals surface area contributed by atoms with E-state index in [1.807, 2.05) is 36.4 Å². The van der Waals surface area contributed by atoms with Crippen LogP contribution in [0.2, 0.25) is 10.0 Å². The fraction of sp³-hybridized carbons (Fsp3) is 0.136. The van der Waals surface area contributed by atoms with Crippen LogP contribution in [0.4, 0.5) is 5.82 Å². The molecule has 0 aliphatic rings. The molecule has 0 aliphatic carbocycles. The maximum Gasteiger partial charge on any atom is 0.225 e. The van der Waals surface area contributed by atoms with E-state index >= 15 is 0 Å². The first-order valence-electron chi connectivity index (χ1n) is 9.23. The predicted octanol–water partition coefficient (Wildman–Crippen LogP) is 5.89. The molecule has 0 spiro atoms. The first kappa shape index (κ1) is 19.4. The van der Waals surface area contributed by atoms with Crippen LogP contribution in [0.3, 0.4) is 0 Å². The molecule has 146 valence electrons. The van der Waals surface area contributed by atoms with E-state index < -0.39 is 0 Å². The van der Waals surface area contributed by atoms with Crippen LogP contribution >= 0.6 is 23.2 Å². The zero-order valence-electron chi connectivity index (χ0n) is 15.5. The number of aryl methyl sites for hydroxylation is 1. The second kappa shape index (κ2) is 8.64. The Morgan fingerprint density at radius 3 is 2.66 bits per heavy atom. The van der Waals surface area contributed by atoms with Crippen molar-refractivity contribution in [3.05, 3.63) is 76.5 Å². The first-order chi connectivity index (χ1) is 14.1. The fourth-order valence-corrected chi connectivity index (χ4v) is 3.57. The van der Waals surface area contributed by atoms with Gasteiger partial charge in [-0.05, 0) is 60.9 Å². The third-order valence-electron chi connectivity index (χ3n) is 4.61. The molecule has 3 aromatic heterocycles. The Morgan fingerprint density at radius 1 is 1.03 bits per heavy atom. The van der Waals surface area contributed by atoms with Crippen LogP contribution in [0.15, 0.2) is 60.9 Å². The average molecular weight is 425 g/mol. The lowest BCUT2D eigenvalue weighted by atomic mass is 10.0. The Balaban J connectivity index is 1.51. The normalized spacial score (nSPS) is 11.0. The third kappa shape index (κ3) is 4.58. The number of benzene rings is 1. The Labute approximate surface area is 178 Å². The van der Waals surface area contributed by atoms with Crippen molar-refractivity contribution in [2.45, 2.75) is 19.3 Å². The van der Waals surface area contributed by atoms with Gasteiger partial charge in [0.2, 0.25) is 5.91 Å². The monoisotopic (exact) mass is 424 g/mol. The number of pyridine rings is 2. The molecule has 4 aromatic rings. The van der Waals surface area contributed by atoms with Gasteiger partial charge in [0.1, 0.15) is 5.82 Å². The number of hydrogen-bond donors (Lipinski definition) is 2. The largest absolute Gasteiger partial charge is 0.353 e. The molecular formula is C22H18Cl2N4O. The number of rotatable bonds is 6. The van der Waals surface area contributed by atoms with E-state index in [-0.39, 0.29) is 5.91 Å². The van der Waals surface area contributed by atoms with Gasteiger partial charge in [-0.15, -0.1) is 0 Å². The Hall–Kier alpha value is -2.89. The van der Waals surface area contributed by atoms with Crippen LogP contribution in [-0.4, -0.2) is 20.9 Å². The number of carbonyl (C=O) groups excluding carboxylic acids is 1. The molecule has 1 amide bonds. The molecule has 0 aliphatic heterocycles. The number of hydrogen-bond acceptors (Lipinski definition) is 3. The van der Waals surface area contributed by atoms with Crippen LogP contribution in [-0.2, 0) is 11.2 Å². The van der Waals surface area contributed by atoms with Gasteiger partial charge < -0.3 is 10.3 Å². The summed E-state index contributed by atoms with van der Waals surface area (Å²) in [6.45, 7) is 0. The SMILES string of the molecule is O=C(CCCc1c(-c2ccccn2)[nH]c2ccc(Cl)cc12)Nc1ccc(Cl)cn1. The zero-order chi connectivity index (χ0) is 20.2. The third-order valence-corrected chi connectivity index (χ3v) is 5.07. The maximum atomic E-state index is 12.3. The van der Waals surface area contributed by atoms with Crippen LogP contribution in [0.1, 0.15) is 18.4 Å². The summed E-state index contributed by atoms with van der Waals surface area (Å²) in [5, 5.41) is 5.05. The number of fused-ring (bicyclic) bond motifs is 1. The summed E-state index contributed by atoms with van der Waals surface area (Å²) in [4.78, 5) is 24.3. The van der Waals surface area contributed by atoms with Crippen LogP contribution in [0.25, 0.3) is 22.3 Å². The highest BCUT2D eigenvalue weighted by atomic mass is 35.5. The molecular weight excluding hydrogens is 407 g/mol. The first-order valence-corrected chi connectivity index (χ1v) is 9.98. The molecule has 0 unspecified atom stereocenters. The molecule has 3 heterocycles. The number of halogens is 2. The quantitative estimate of drug-likeness (QED) is 0.405. The van der Waals surface area contributed by atoms with Crippen molar-refractivity contribution < 1.29 is 4.79 Å². The lowest BCUT2D eigenvalue weighted by Gasteiger charge is -2.06. The number of anilines is 1. The minimum absolute atomic E-state index is 0.0860. The smallest absolute Gasteiger partial charge is 0.225 e. The summed E-state index contributed by atoms with van der Waals surface area (Å²) < 4.78 is 0. The molecule has 4 rings (SSSR count). The molecule has 0 atom stereocenters. The molecule has 7 heteroatoms. The summed E-state index contributed by atoms with van der Waals surface area (Å²) in [6.07, 6.45) is 5.04. The van der Waals surface area contributed by atoms with E-state index in [0.29, 0.717) is 35.1 Å². The predicted molar refractivity (Wildman–Crippen MR) is 117 cm³/mol. The van der Waals surface area contributed by atoms with E-state index in [1.165, 1.54) is 6.20 Å². The molecule has 0 radical (unpaired) electrons. The van der Waals surface area contributed by atoms with Crippen molar-refractivity contribution in [1.82, 2.24) is 15.0 Å². The summed E-state index contributed by atoms with van der Waals surface area (Å²) in [7, 11) is 0. The fourth-order valence-electron chi connectivity index (χ4n) is 3.29. The van der Waals surface area contributed by atoms with Gasteiger partial charge in [-0.25, -0.2) is 4.98 Å². The van der Waals surface area contributed by atoms with Gasteiger partial charge in [0, 0.05) is 34.7 Å². The van der Waals surface area contributed by atoms with Crippen molar-refractivity contribution in [1.29, 1.82) is 0 Å². The van der Waals surface area contributed by atoms with Gasteiger partial charge in [-0.3, -0.25) is 9.78 Å². The summed E-state index contributed by atoms with van der Waals surface area (Å²) >= 11 is 12.0. The lowest BCUT2D eigenvalue weighted by molar-refractivity contribution is -0.116. The molecule has 0 saturated heterocycles. The van der Waals surface area contributed by atoms with Gasteiger partial charge in [0.05, 0.1) is 16.4 Å². The van der Waals surface area contributed by atoms with Crippen molar-refractivity contribution in [2.75, 3.05) is 5.32 Å². The van der Waals surface area contributed by atoms with E-state index in [1.54, 1.807) is 18.3 Å². The minimum Gasteiger partial charge on any atom is -0.353 e. The standard InChI is InChI=1S/C22H18Cl2N4O/c23-14-7-9-18-17(12-14)16(22(27-18)19-5-1-2-11-25-19)4-3-6-21(29)28-20-10-8-15(24)13-26-20/h1-2,5,7-13,27H,3-4,6H2,(H,26,28,29). The van der Waals surface area contributed by atoms with Crippen LogP contribution in [0.5, 0.6) is 0 Å². The number of H-pyrrole nitrogens is 1. The number of aromatic nitrogens is 3.